The first-order chi connectivity index (χ1) is 25.1. The molecule has 0 aliphatic carbocycles. The molecule has 4 aromatic carbocycles. The molecule has 10 heteroatoms. The summed E-state index contributed by atoms with van der Waals surface area (Å²) in [4.78, 5) is 54.4. The molecule has 8 nitrogen and oxygen atoms in total. The molecule has 0 bridgehead atoms. The number of hydrogen-bond donors (Lipinski definition) is 0. The number of amides is 2. The van der Waals surface area contributed by atoms with Crippen LogP contribution in [0, 0.1) is 13.8 Å². The zero-order valence-corrected chi connectivity index (χ0v) is 31.4. The van der Waals surface area contributed by atoms with Crippen LogP contribution in [-0.4, -0.2) is 86.0 Å². The number of hydrogen-bond acceptors (Lipinski definition) is 6. The Balaban J connectivity index is 0.000000198. The number of anilines is 2. The third-order valence-electron chi connectivity index (χ3n) is 8.83. The largest absolute Gasteiger partial charge is 0.368 e. The van der Waals surface area contributed by atoms with E-state index in [0.717, 1.165) is 83.7 Å². The van der Waals surface area contributed by atoms with Crippen LogP contribution in [0.2, 0.25) is 10.0 Å². The Morgan fingerprint density at radius 2 is 1.13 bits per heavy atom. The highest BCUT2D eigenvalue weighted by atomic mass is 35.5. The molecule has 272 valence electrons. The minimum atomic E-state index is 0.00995. The van der Waals surface area contributed by atoms with E-state index in [1.165, 1.54) is 6.08 Å². The molecule has 6 rings (SSSR count). The second kappa shape index (κ2) is 20.2. The van der Waals surface area contributed by atoms with Gasteiger partial charge < -0.3 is 19.6 Å². The second-order valence-corrected chi connectivity index (χ2v) is 13.5. The van der Waals surface area contributed by atoms with Gasteiger partial charge in [-0.2, -0.15) is 0 Å². The summed E-state index contributed by atoms with van der Waals surface area (Å²) in [7, 11) is 0. The highest BCUT2D eigenvalue weighted by Gasteiger charge is 2.22. The Bertz CT molecular complexity index is 1830. The Hall–Kier alpha value is -4.92. The van der Waals surface area contributed by atoms with Crippen molar-refractivity contribution in [2.75, 3.05) is 62.2 Å². The average molecular weight is 742 g/mol. The van der Waals surface area contributed by atoms with Crippen molar-refractivity contribution in [2.45, 2.75) is 26.7 Å². The first kappa shape index (κ1) is 39.9. The molecular formula is C42H46Cl2N4O4. The number of aryl methyl sites for hydroxylation is 2. The fourth-order valence-corrected chi connectivity index (χ4v) is 6.33. The van der Waals surface area contributed by atoms with E-state index in [9.17, 15) is 19.2 Å². The molecule has 0 saturated carbocycles. The van der Waals surface area contributed by atoms with Gasteiger partial charge in [-0.3, -0.25) is 19.2 Å². The van der Waals surface area contributed by atoms with E-state index in [0.29, 0.717) is 18.7 Å². The zero-order chi connectivity index (χ0) is 37.5. The lowest BCUT2D eigenvalue weighted by Gasteiger charge is -2.36. The van der Waals surface area contributed by atoms with E-state index in [4.69, 9.17) is 23.2 Å². The van der Waals surface area contributed by atoms with Gasteiger partial charge in [0.1, 0.15) is 6.29 Å². The maximum Gasteiger partial charge on any atom is 0.246 e. The average Bonchev–Trinajstić information content (AvgIpc) is 3.17. The molecule has 0 N–H and O–H groups in total. The van der Waals surface area contributed by atoms with Crippen LogP contribution in [0.4, 0.5) is 11.4 Å². The molecule has 0 unspecified atom stereocenters. The monoisotopic (exact) mass is 740 g/mol. The first-order valence-corrected chi connectivity index (χ1v) is 18.1. The van der Waals surface area contributed by atoms with Crippen LogP contribution in [0.5, 0.6) is 0 Å². The first-order valence-electron chi connectivity index (χ1n) is 17.4. The summed E-state index contributed by atoms with van der Waals surface area (Å²) in [5, 5.41) is 1.46. The number of carbonyl (C=O) groups is 4. The summed E-state index contributed by atoms with van der Waals surface area (Å²) < 4.78 is 0. The highest BCUT2D eigenvalue weighted by molar-refractivity contribution is 6.31. The lowest BCUT2D eigenvalue weighted by molar-refractivity contribution is -0.131. The van der Waals surface area contributed by atoms with E-state index in [2.05, 4.69) is 16.4 Å². The van der Waals surface area contributed by atoms with Crippen LogP contribution in [-0.2, 0) is 9.59 Å². The molecule has 2 fully saturated rings. The number of rotatable bonds is 8. The van der Waals surface area contributed by atoms with Crippen molar-refractivity contribution in [3.8, 4) is 0 Å². The third kappa shape index (κ3) is 12.4. The van der Waals surface area contributed by atoms with Crippen molar-refractivity contribution in [3.05, 3.63) is 142 Å². The summed E-state index contributed by atoms with van der Waals surface area (Å²) in [6.45, 7) is 13.5. The summed E-state index contributed by atoms with van der Waals surface area (Å²) in [6, 6.07) is 30.6. The molecule has 2 aliphatic rings. The molecule has 2 saturated heterocycles. The number of ketones is 1. The molecule has 0 spiro atoms. The Morgan fingerprint density at radius 1 is 0.635 bits per heavy atom. The SMILES string of the molecule is C=CC(=O)N1CCN(c2cccc(Cl)c2)CC1.Cc1cccc(C(=O)CCC(=O)N2CCN(c3cccc(Cl)c3)CC2)c1.Cc1cccc(C=O)c1. The van der Waals surface area contributed by atoms with Crippen molar-refractivity contribution >= 4 is 58.5 Å². The van der Waals surface area contributed by atoms with E-state index in [1.54, 1.807) is 6.07 Å². The lowest BCUT2D eigenvalue weighted by atomic mass is 10.0. The van der Waals surface area contributed by atoms with E-state index >= 15 is 0 Å². The van der Waals surface area contributed by atoms with Crippen molar-refractivity contribution < 1.29 is 19.2 Å². The quantitative estimate of drug-likeness (QED) is 0.104. The number of piperazine rings is 2. The summed E-state index contributed by atoms with van der Waals surface area (Å²) in [5.41, 5.74) is 5.81. The predicted octanol–water partition coefficient (Wildman–Crippen LogP) is 7.94. The zero-order valence-electron chi connectivity index (χ0n) is 29.8. The summed E-state index contributed by atoms with van der Waals surface area (Å²) >= 11 is 12.0. The third-order valence-corrected chi connectivity index (χ3v) is 9.30. The Kier molecular flexibility index (Phi) is 15.5. The standard InChI is InChI=1S/C21H23ClN2O2.C13H15ClN2O.C8H8O/c1-16-4-2-5-17(14-16)20(25)8-9-21(26)24-12-10-23(11-13-24)19-7-3-6-18(22)15-19;1-2-13(17)16-8-6-15(7-9-16)12-5-3-4-11(14)10-12;1-7-3-2-4-8(5-7)6-9/h2-7,14-15H,8-13H2,1H3;2-5,10H,1,6-9H2;2-6H,1H3. The topological polar surface area (TPSA) is 81.2 Å². The molecule has 2 amide bonds. The number of nitrogens with zero attached hydrogens (tertiary/aromatic N) is 4. The summed E-state index contributed by atoms with van der Waals surface area (Å²) in [6.07, 6.45) is 2.75. The van der Waals surface area contributed by atoms with Crippen LogP contribution in [0.3, 0.4) is 0 Å². The maximum absolute atomic E-state index is 12.4. The molecule has 0 atom stereocenters. The van der Waals surface area contributed by atoms with Crippen molar-refractivity contribution in [2.24, 2.45) is 0 Å². The molecule has 52 heavy (non-hydrogen) atoms. The van der Waals surface area contributed by atoms with Gasteiger partial charge in [0.2, 0.25) is 11.8 Å². The van der Waals surface area contributed by atoms with Gasteiger partial charge in [-0.05, 0) is 68.5 Å². The van der Waals surface area contributed by atoms with Crippen LogP contribution < -0.4 is 9.80 Å². The Labute approximate surface area is 317 Å². The number of halogens is 2. The molecule has 0 aromatic heterocycles. The number of aldehydes is 1. The highest BCUT2D eigenvalue weighted by Crippen LogP contribution is 2.22. The number of Topliss-reactive ketones (excluding diaryl/α,β-unsaturated/α-hetero) is 1. The van der Waals surface area contributed by atoms with Gasteiger partial charge in [0.15, 0.2) is 5.78 Å². The molecule has 4 aromatic rings. The van der Waals surface area contributed by atoms with E-state index < -0.39 is 0 Å². The minimum absolute atomic E-state index is 0.00995. The van der Waals surface area contributed by atoms with Gasteiger partial charge in [-0.15, -0.1) is 0 Å². The molecular weight excluding hydrogens is 695 g/mol. The van der Waals surface area contributed by atoms with Crippen LogP contribution in [0.1, 0.15) is 44.7 Å². The molecule has 2 aliphatic heterocycles. The number of carbonyl (C=O) groups excluding carboxylic acids is 4. The minimum Gasteiger partial charge on any atom is -0.368 e. The van der Waals surface area contributed by atoms with Gasteiger partial charge >= 0.3 is 0 Å². The predicted molar refractivity (Wildman–Crippen MR) is 212 cm³/mol. The fourth-order valence-electron chi connectivity index (χ4n) is 5.96. The maximum atomic E-state index is 12.4. The second-order valence-electron chi connectivity index (χ2n) is 12.7. The van der Waals surface area contributed by atoms with Gasteiger partial charge in [-0.25, -0.2) is 0 Å². The normalized spacial score (nSPS) is 13.9. The van der Waals surface area contributed by atoms with Crippen LogP contribution >= 0.6 is 23.2 Å². The number of benzene rings is 4. The lowest BCUT2D eigenvalue weighted by Crippen LogP contribution is -2.48. The van der Waals surface area contributed by atoms with Crippen molar-refractivity contribution in [3.63, 3.8) is 0 Å². The van der Waals surface area contributed by atoms with Crippen molar-refractivity contribution in [1.29, 1.82) is 0 Å². The summed E-state index contributed by atoms with van der Waals surface area (Å²) in [5.74, 6) is 0.0899. The van der Waals surface area contributed by atoms with E-state index in [1.807, 2.05) is 115 Å². The van der Waals surface area contributed by atoms with Gasteiger partial charge in [0, 0.05) is 97.7 Å². The molecule has 0 radical (unpaired) electrons. The van der Waals surface area contributed by atoms with Crippen LogP contribution in [0.15, 0.2) is 110 Å². The molecule has 2 heterocycles. The van der Waals surface area contributed by atoms with Gasteiger partial charge in [-0.1, -0.05) is 89.4 Å². The van der Waals surface area contributed by atoms with Crippen molar-refractivity contribution in [1.82, 2.24) is 9.80 Å². The van der Waals surface area contributed by atoms with E-state index in [-0.39, 0.29) is 30.4 Å². The van der Waals surface area contributed by atoms with Gasteiger partial charge in [0.25, 0.3) is 0 Å². The van der Waals surface area contributed by atoms with Crippen LogP contribution in [0.25, 0.3) is 0 Å². The fraction of sp³-hybridized carbons (Fsp3) is 0.286. The van der Waals surface area contributed by atoms with Gasteiger partial charge in [0.05, 0.1) is 0 Å². The smallest absolute Gasteiger partial charge is 0.246 e. The Morgan fingerprint density at radius 3 is 1.60 bits per heavy atom.